The van der Waals surface area contributed by atoms with Gasteiger partial charge in [0, 0.05) is 23.0 Å². The number of nitrogens with zero attached hydrogens (tertiary/aromatic N) is 1. The van der Waals surface area contributed by atoms with Gasteiger partial charge in [-0.2, -0.15) is 0 Å². The number of hydrogen-bond donors (Lipinski definition) is 0. The highest BCUT2D eigenvalue weighted by Crippen LogP contribution is 2.23. The van der Waals surface area contributed by atoms with Gasteiger partial charge in [-0.3, -0.25) is 4.79 Å². The van der Waals surface area contributed by atoms with Crippen molar-refractivity contribution in [2.45, 2.75) is 20.4 Å². The average Bonchev–Trinajstić information content (AvgIpc) is 3.31. The maximum atomic E-state index is 12.5. The average molecular weight is 432 g/mol. The SMILES string of the molecule is Cc1cc(C(=O)COC(=O)C=Cc2ccc(Cl)c(Cl)c2)c(C)n1Cc1ccco1. The van der Waals surface area contributed by atoms with E-state index in [9.17, 15) is 9.59 Å². The van der Waals surface area contributed by atoms with Crippen LogP contribution in [0, 0.1) is 13.8 Å². The first-order chi connectivity index (χ1) is 13.8. The molecule has 0 bridgehead atoms. The molecule has 0 aliphatic carbocycles. The van der Waals surface area contributed by atoms with Gasteiger partial charge in [-0.1, -0.05) is 29.3 Å². The molecule has 0 unspecified atom stereocenters. The number of esters is 1. The summed E-state index contributed by atoms with van der Waals surface area (Å²) in [5, 5.41) is 0.823. The van der Waals surface area contributed by atoms with Gasteiger partial charge in [0.15, 0.2) is 6.61 Å². The maximum Gasteiger partial charge on any atom is 0.331 e. The Bertz CT molecular complexity index is 1060. The molecule has 7 heteroatoms. The molecule has 5 nitrogen and oxygen atoms in total. The summed E-state index contributed by atoms with van der Waals surface area (Å²) in [6.07, 6.45) is 4.40. The van der Waals surface area contributed by atoms with E-state index in [1.807, 2.05) is 30.5 Å². The van der Waals surface area contributed by atoms with Crippen LogP contribution in [0.25, 0.3) is 6.08 Å². The minimum Gasteiger partial charge on any atom is -0.467 e. The summed E-state index contributed by atoms with van der Waals surface area (Å²) < 4.78 is 12.4. The van der Waals surface area contributed by atoms with Gasteiger partial charge in [0.25, 0.3) is 0 Å². The molecule has 150 valence electrons. The smallest absolute Gasteiger partial charge is 0.331 e. The van der Waals surface area contributed by atoms with Gasteiger partial charge in [0.2, 0.25) is 5.78 Å². The number of carbonyl (C=O) groups excluding carboxylic acids is 2. The van der Waals surface area contributed by atoms with Crippen LogP contribution in [-0.2, 0) is 16.1 Å². The molecule has 0 spiro atoms. The number of halogens is 2. The molecular formula is C22H19Cl2NO4. The number of aryl methyl sites for hydroxylation is 1. The van der Waals surface area contributed by atoms with Gasteiger partial charge in [-0.05, 0) is 55.8 Å². The minimum absolute atomic E-state index is 0.264. The number of benzene rings is 1. The Hall–Kier alpha value is -2.76. The highest BCUT2D eigenvalue weighted by Gasteiger charge is 2.17. The number of hydrogen-bond acceptors (Lipinski definition) is 4. The molecule has 0 aliphatic heterocycles. The van der Waals surface area contributed by atoms with E-state index in [1.54, 1.807) is 36.6 Å². The molecule has 0 atom stereocenters. The molecule has 0 radical (unpaired) electrons. The zero-order valence-corrected chi connectivity index (χ0v) is 17.5. The van der Waals surface area contributed by atoms with E-state index in [4.69, 9.17) is 32.4 Å². The monoisotopic (exact) mass is 431 g/mol. The van der Waals surface area contributed by atoms with Crippen LogP contribution in [0.3, 0.4) is 0 Å². The summed E-state index contributed by atoms with van der Waals surface area (Å²) in [5.74, 6) is -0.0847. The van der Waals surface area contributed by atoms with Gasteiger partial charge < -0.3 is 13.7 Å². The number of ether oxygens (including phenoxy) is 1. The first-order valence-corrected chi connectivity index (χ1v) is 9.63. The third-order valence-electron chi connectivity index (χ3n) is 4.47. The van der Waals surface area contributed by atoms with E-state index < -0.39 is 5.97 Å². The molecular weight excluding hydrogens is 413 g/mol. The molecule has 1 aromatic carbocycles. The van der Waals surface area contributed by atoms with E-state index in [2.05, 4.69) is 0 Å². The molecule has 0 amide bonds. The predicted octanol–water partition coefficient (Wildman–Crippen LogP) is 5.49. The summed E-state index contributed by atoms with van der Waals surface area (Å²) in [6, 6.07) is 10.5. The number of rotatable bonds is 7. The van der Waals surface area contributed by atoms with Gasteiger partial charge in [-0.25, -0.2) is 4.79 Å². The lowest BCUT2D eigenvalue weighted by Crippen LogP contribution is -2.13. The predicted molar refractivity (Wildman–Crippen MR) is 113 cm³/mol. The number of carbonyl (C=O) groups is 2. The van der Waals surface area contributed by atoms with E-state index in [1.165, 1.54) is 6.08 Å². The highest BCUT2D eigenvalue weighted by molar-refractivity contribution is 6.42. The lowest BCUT2D eigenvalue weighted by atomic mass is 10.1. The van der Waals surface area contributed by atoms with Gasteiger partial charge >= 0.3 is 5.97 Å². The summed E-state index contributed by atoms with van der Waals surface area (Å²) in [5.41, 5.74) is 2.94. The second-order valence-corrected chi connectivity index (χ2v) is 7.30. The van der Waals surface area contributed by atoms with Crippen molar-refractivity contribution in [3.05, 3.63) is 87.1 Å². The third-order valence-corrected chi connectivity index (χ3v) is 5.21. The van der Waals surface area contributed by atoms with Crippen LogP contribution >= 0.6 is 23.2 Å². The van der Waals surface area contributed by atoms with Crippen LogP contribution in [0.2, 0.25) is 10.0 Å². The van der Waals surface area contributed by atoms with Crippen LogP contribution in [0.15, 0.2) is 53.2 Å². The minimum atomic E-state index is -0.617. The third kappa shape index (κ3) is 5.19. The van der Waals surface area contributed by atoms with E-state index >= 15 is 0 Å². The number of furan rings is 1. The normalized spacial score (nSPS) is 11.2. The largest absolute Gasteiger partial charge is 0.467 e. The molecule has 0 N–H and O–H groups in total. The fraction of sp³-hybridized carbons (Fsp3) is 0.182. The lowest BCUT2D eigenvalue weighted by Gasteiger charge is -2.08. The standard InChI is InChI=1S/C22H19Cl2NO4/c1-14-10-18(15(2)25(14)12-17-4-3-9-28-17)21(26)13-29-22(27)8-6-16-5-7-19(23)20(24)11-16/h3-11H,12-13H2,1-2H3. The molecule has 0 aliphatic rings. The summed E-state index contributed by atoms with van der Waals surface area (Å²) in [6.45, 7) is 3.97. The molecule has 2 aromatic heterocycles. The van der Waals surface area contributed by atoms with Crippen molar-refractivity contribution in [2.75, 3.05) is 6.61 Å². The fourth-order valence-corrected chi connectivity index (χ4v) is 3.23. The van der Waals surface area contributed by atoms with Crippen LogP contribution < -0.4 is 0 Å². The molecule has 0 saturated carbocycles. The highest BCUT2D eigenvalue weighted by atomic mass is 35.5. The molecule has 3 aromatic rings. The van der Waals surface area contributed by atoms with E-state index in [-0.39, 0.29) is 12.4 Å². The second-order valence-electron chi connectivity index (χ2n) is 6.49. The van der Waals surface area contributed by atoms with Gasteiger partial charge in [-0.15, -0.1) is 0 Å². The first kappa shape index (κ1) is 21.0. The van der Waals surface area contributed by atoms with Crippen LogP contribution in [-0.4, -0.2) is 22.9 Å². The quantitative estimate of drug-likeness (QED) is 0.281. The Morgan fingerprint density at radius 2 is 1.93 bits per heavy atom. The van der Waals surface area contributed by atoms with Gasteiger partial charge in [0.05, 0.1) is 22.9 Å². The molecule has 2 heterocycles. The van der Waals surface area contributed by atoms with Crippen LogP contribution in [0.1, 0.15) is 33.1 Å². The van der Waals surface area contributed by atoms with Gasteiger partial charge in [0.1, 0.15) is 5.76 Å². The van der Waals surface area contributed by atoms with Crippen molar-refractivity contribution in [2.24, 2.45) is 0 Å². The molecule has 29 heavy (non-hydrogen) atoms. The Morgan fingerprint density at radius 1 is 1.14 bits per heavy atom. The van der Waals surface area contributed by atoms with Crippen molar-refractivity contribution in [1.82, 2.24) is 4.57 Å². The summed E-state index contributed by atoms with van der Waals surface area (Å²) >= 11 is 11.8. The van der Waals surface area contributed by atoms with Crippen molar-refractivity contribution in [1.29, 1.82) is 0 Å². The Labute approximate surface area is 178 Å². The van der Waals surface area contributed by atoms with Crippen LogP contribution in [0.4, 0.5) is 0 Å². The number of ketones is 1. The van der Waals surface area contributed by atoms with E-state index in [0.717, 1.165) is 17.1 Å². The maximum absolute atomic E-state index is 12.5. The topological polar surface area (TPSA) is 61.4 Å². The fourth-order valence-electron chi connectivity index (χ4n) is 2.93. The summed E-state index contributed by atoms with van der Waals surface area (Å²) in [4.78, 5) is 24.5. The van der Waals surface area contributed by atoms with Crippen molar-refractivity contribution < 1.29 is 18.7 Å². The number of aromatic nitrogens is 1. The van der Waals surface area contributed by atoms with Crippen molar-refractivity contribution >= 4 is 41.0 Å². The zero-order valence-electron chi connectivity index (χ0n) is 15.9. The lowest BCUT2D eigenvalue weighted by molar-refractivity contribution is -0.136. The number of Topliss-reactive ketones (excluding diaryl/α,β-unsaturated/α-hetero) is 1. The zero-order chi connectivity index (χ0) is 21.0. The Kier molecular flexibility index (Phi) is 6.62. The molecule has 0 saturated heterocycles. The molecule has 0 fully saturated rings. The summed E-state index contributed by atoms with van der Waals surface area (Å²) in [7, 11) is 0. The Morgan fingerprint density at radius 3 is 2.62 bits per heavy atom. The van der Waals surface area contributed by atoms with E-state index in [0.29, 0.717) is 27.7 Å². The Balaban J connectivity index is 1.61. The second kappa shape index (κ2) is 9.16. The van der Waals surface area contributed by atoms with Crippen molar-refractivity contribution in [3.8, 4) is 0 Å². The van der Waals surface area contributed by atoms with Crippen LogP contribution in [0.5, 0.6) is 0 Å². The van der Waals surface area contributed by atoms with Crippen molar-refractivity contribution in [3.63, 3.8) is 0 Å². The first-order valence-electron chi connectivity index (χ1n) is 8.87. The molecule has 3 rings (SSSR count).